The zero-order valence-electron chi connectivity index (χ0n) is 10.2. The Balaban J connectivity index is 2.02. The molecule has 0 amide bonds. The molecule has 2 nitrogen and oxygen atoms in total. The first-order valence-corrected chi connectivity index (χ1v) is 6.70. The molecule has 0 saturated carbocycles. The summed E-state index contributed by atoms with van der Waals surface area (Å²) < 4.78 is 0. The molecule has 1 aromatic rings. The van der Waals surface area contributed by atoms with Gasteiger partial charge in [-0.25, -0.2) is 0 Å². The smallest absolute Gasteiger partial charge is 0.0818 e. The highest BCUT2D eigenvalue weighted by atomic mass is 35.5. The molecule has 1 aromatic carbocycles. The largest absolute Gasteiger partial charge is 0.388 e. The van der Waals surface area contributed by atoms with Crippen molar-refractivity contribution >= 4 is 11.6 Å². The number of hydrogen-bond acceptors (Lipinski definition) is 2. The lowest BCUT2D eigenvalue weighted by molar-refractivity contribution is 0.0711. The molecule has 2 N–H and O–H groups in total. The third kappa shape index (κ3) is 3.21. The molecule has 1 saturated heterocycles. The molecule has 3 heteroatoms. The maximum Gasteiger partial charge on any atom is 0.0818 e. The molecule has 2 rings (SSSR count). The maximum absolute atomic E-state index is 10.4. The van der Waals surface area contributed by atoms with Crippen LogP contribution >= 0.6 is 11.6 Å². The molecular weight excluding hydrogens is 234 g/mol. The molecule has 1 aliphatic rings. The fraction of sp³-hybridized carbons (Fsp3) is 0.571. The summed E-state index contributed by atoms with van der Waals surface area (Å²) in [4.78, 5) is 0. The second-order valence-electron chi connectivity index (χ2n) is 4.94. The SMILES string of the molecule is C[C@@H](C1CCNCC1)[C@@H](O)c1ccc(Cl)cc1. The van der Waals surface area contributed by atoms with E-state index in [0.29, 0.717) is 11.8 Å². The van der Waals surface area contributed by atoms with E-state index in [4.69, 9.17) is 11.6 Å². The lowest BCUT2D eigenvalue weighted by atomic mass is 9.80. The fourth-order valence-corrected chi connectivity index (χ4v) is 2.72. The summed E-state index contributed by atoms with van der Waals surface area (Å²) in [5.74, 6) is 0.917. The van der Waals surface area contributed by atoms with Crippen LogP contribution in [0.1, 0.15) is 31.4 Å². The van der Waals surface area contributed by atoms with Crippen LogP contribution < -0.4 is 5.32 Å². The standard InChI is InChI=1S/C14H20ClNO/c1-10(11-6-8-16-9-7-11)14(17)12-2-4-13(15)5-3-12/h2-5,10-11,14,16-17H,6-9H2,1H3/t10-,14+/m0/s1. The molecule has 0 unspecified atom stereocenters. The predicted molar refractivity (Wildman–Crippen MR) is 71.2 cm³/mol. The van der Waals surface area contributed by atoms with Gasteiger partial charge in [-0.3, -0.25) is 0 Å². The summed E-state index contributed by atoms with van der Waals surface area (Å²) in [7, 11) is 0. The van der Waals surface area contributed by atoms with Crippen LogP contribution in [0.2, 0.25) is 5.02 Å². The van der Waals surface area contributed by atoms with Gasteiger partial charge in [0.25, 0.3) is 0 Å². The maximum atomic E-state index is 10.4. The molecule has 1 heterocycles. The van der Waals surface area contributed by atoms with Crippen LogP contribution in [-0.2, 0) is 0 Å². The quantitative estimate of drug-likeness (QED) is 0.868. The van der Waals surface area contributed by atoms with E-state index in [1.807, 2.05) is 24.3 Å². The molecule has 0 aliphatic carbocycles. The molecular formula is C14H20ClNO. The number of hydrogen-bond donors (Lipinski definition) is 2. The Labute approximate surface area is 108 Å². The Kier molecular flexibility index (Phi) is 4.43. The van der Waals surface area contributed by atoms with Crippen LogP contribution in [0.3, 0.4) is 0 Å². The average molecular weight is 254 g/mol. The summed E-state index contributed by atoms with van der Waals surface area (Å²) in [6.07, 6.45) is 1.94. The second-order valence-corrected chi connectivity index (χ2v) is 5.38. The van der Waals surface area contributed by atoms with E-state index in [-0.39, 0.29) is 6.10 Å². The fourth-order valence-electron chi connectivity index (χ4n) is 2.59. The van der Waals surface area contributed by atoms with Gasteiger partial charge in [-0.15, -0.1) is 0 Å². The molecule has 1 fully saturated rings. The van der Waals surface area contributed by atoms with Gasteiger partial charge in [0, 0.05) is 5.02 Å². The minimum atomic E-state index is -0.379. The Hall–Kier alpha value is -0.570. The Morgan fingerprint density at radius 1 is 1.24 bits per heavy atom. The summed E-state index contributed by atoms with van der Waals surface area (Å²) in [6.45, 7) is 4.29. The molecule has 1 aliphatic heterocycles. The zero-order chi connectivity index (χ0) is 12.3. The van der Waals surface area contributed by atoms with E-state index in [1.54, 1.807) is 0 Å². The topological polar surface area (TPSA) is 32.3 Å². The average Bonchev–Trinajstić information content (AvgIpc) is 2.39. The third-order valence-electron chi connectivity index (χ3n) is 3.84. The summed E-state index contributed by atoms with van der Waals surface area (Å²) >= 11 is 5.85. The van der Waals surface area contributed by atoms with Crippen LogP contribution in [0.15, 0.2) is 24.3 Å². The van der Waals surface area contributed by atoms with Crippen molar-refractivity contribution < 1.29 is 5.11 Å². The van der Waals surface area contributed by atoms with Crippen molar-refractivity contribution in [2.75, 3.05) is 13.1 Å². The number of nitrogens with one attached hydrogen (secondary N) is 1. The van der Waals surface area contributed by atoms with E-state index in [0.717, 1.165) is 36.5 Å². The second kappa shape index (κ2) is 5.85. The van der Waals surface area contributed by atoms with Gasteiger partial charge in [0.1, 0.15) is 0 Å². The van der Waals surface area contributed by atoms with E-state index < -0.39 is 0 Å². The minimum Gasteiger partial charge on any atom is -0.388 e. The number of aliphatic hydroxyl groups excluding tert-OH is 1. The number of piperidine rings is 1. The first kappa shape index (κ1) is 12.9. The molecule has 0 spiro atoms. The highest BCUT2D eigenvalue weighted by Crippen LogP contribution is 2.32. The minimum absolute atomic E-state index is 0.304. The van der Waals surface area contributed by atoms with Gasteiger partial charge in [-0.2, -0.15) is 0 Å². The van der Waals surface area contributed by atoms with Crippen LogP contribution in [0, 0.1) is 11.8 Å². The van der Waals surface area contributed by atoms with Gasteiger partial charge in [0.2, 0.25) is 0 Å². The predicted octanol–water partition coefficient (Wildman–Crippen LogP) is 3.01. The molecule has 17 heavy (non-hydrogen) atoms. The van der Waals surface area contributed by atoms with Gasteiger partial charge < -0.3 is 10.4 Å². The highest BCUT2D eigenvalue weighted by molar-refractivity contribution is 6.30. The van der Waals surface area contributed by atoms with Crippen molar-refractivity contribution in [2.45, 2.75) is 25.9 Å². The zero-order valence-corrected chi connectivity index (χ0v) is 11.0. The Bertz CT molecular complexity index is 346. The molecule has 94 valence electrons. The normalized spacial score (nSPS) is 21.1. The van der Waals surface area contributed by atoms with Gasteiger partial charge in [0.15, 0.2) is 0 Å². The summed E-state index contributed by atoms with van der Waals surface area (Å²) in [6, 6.07) is 7.53. The van der Waals surface area contributed by atoms with Gasteiger partial charge in [-0.1, -0.05) is 30.7 Å². The first-order valence-electron chi connectivity index (χ1n) is 6.32. The Morgan fingerprint density at radius 2 is 1.82 bits per heavy atom. The van der Waals surface area contributed by atoms with Crippen molar-refractivity contribution in [2.24, 2.45) is 11.8 Å². The van der Waals surface area contributed by atoms with Crippen LogP contribution in [-0.4, -0.2) is 18.2 Å². The Morgan fingerprint density at radius 3 is 2.41 bits per heavy atom. The monoisotopic (exact) mass is 253 g/mol. The summed E-state index contributed by atoms with van der Waals surface area (Å²) in [5.41, 5.74) is 0.973. The summed E-state index contributed by atoms with van der Waals surface area (Å²) in [5, 5.41) is 14.4. The molecule has 0 bridgehead atoms. The van der Waals surface area contributed by atoms with Crippen LogP contribution in [0.4, 0.5) is 0 Å². The van der Waals surface area contributed by atoms with Crippen LogP contribution in [0.25, 0.3) is 0 Å². The molecule has 0 aromatic heterocycles. The highest BCUT2D eigenvalue weighted by Gasteiger charge is 2.26. The van der Waals surface area contributed by atoms with Gasteiger partial charge in [-0.05, 0) is 55.5 Å². The van der Waals surface area contributed by atoms with Crippen molar-refractivity contribution in [3.05, 3.63) is 34.9 Å². The van der Waals surface area contributed by atoms with Gasteiger partial charge in [0.05, 0.1) is 6.10 Å². The van der Waals surface area contributed by atoms with E-state index >= 15 is 0 Å². The lowest BCUT2D eigenvalue weighted by Gasteiger charge is -2.31. The van der Waals surface area contributed by atoms with Crippen molar-refractivity contribution in [1.29, 1.82) is 0 Å². The van der Waals surface area contributed by atoms with Crippen molar-refractivity contribution in [3.8, 4) is 0 Å². The van der Waals surface area contributed by atoms with Crippen LogP contribution in [0.5, 0.6) is 0 Å². The van der Waals surface area contributed by atoms with E-state index in [2.05, 4.69) is 12.2 Å². The van der Waals surface area contributed by atoms with Crippen molar-refractivity contribution in [1.82, 2.24) is 5.32 Å². The third-order valence-corrected chi connectivity index (χ3v) is 4.09. The first-order chi connectivity index (χ1) is 8.18. The lowest BCUT2D eigenvalue weighted by Crippen LogP contribution is -2.32. The molecule has 0 radical (unpaired) electrons. The van der Waals surface area contributed by atoms with Gasteiger partial charge >= 0.3 is 0 Å². The number of aliphatic hydroxyl groups is 1. The number of halogens is 1. The van der Waals surface area contributed by atoms with E-state index in [1.165, 1.54) is 0 Å². The van der Waals surface area contributed by atoms with E-state index in [9.17, 15) is 5.11 Å². The molecule has 2 atom stereocenters. The number of rotatable bonds is 3. The number of benzene rings is 1. The van der Waals surface area contributed by atoms with Crippen molar-refractivity contribution in [3.63, 3.8) is 0 Å².